The van der Waals surface area contributed by atoms with E-state index >= 15 is 0 Å². The number of likely N-dealkylation sites (N-methyl/N-ethyl adjacent to an activating group) is 1. The summed E-state index contributed by atoms with van der Waals surface area (Å²) in [6, 6.07) is 9.67. The summed E-state index contributed by atoms with van der Waals surface area (Å²) in [5.41, 5.74) is 1.32. The molecule has 9 heteroatoms. The number of Topliss-reactive ketones (excluding diaryl/α,β-unsaturated/α-hetero) is 1. The summed E-state index contributed by atoms with van der Waals surface area (Å²) < 4.78 is 27.2. The molecule has 0 amide bonds. The van der Waals surface area contributed by atoms with Gasteiger partial charge in [-0.05, 0) is 5.56 Å². The van der Waals surface area contributed by atoms with Gasteiger partial charge in [-0.1, -0.05) is 30.3 Å². The van der Waals surface area contributed by atoms with Crippen LogP contribution < -0.4 is 0 Å². The average Bonchev–Trinajstić information content (AvgIpc) is 3.09. The molecule has 27 heavy (non-hydrogen) atoms. The van der Waals surface area contributed by atoms with Gasteiger partial charge in [-0.25, -0.2) is 8.42 Å². The predicted molar refractivity (Wildman–Crippen MR) is 100 cm³/mol. The fourth-order valence-corrected chi connectivity index (χ4v) is 4.35. The molecule has 1 aliphatic rings. The Morgan fingerprint density at radius 3 is 2.59 bits per heavy atom. The van der Waals surface area contributed by atoms with Gasteiger partial charge in [0.25, 0.3) is 0 Å². The third-order valence-corrected chi connectivity index (χ3v) is 6.55. The molecule has 0 aliphatic carbocycles. The maximum absolute atomic E-state index is 12.4. The molecular weight excluding hydrogens is 368 g/mol. The van der Waals surface area contributed by atoms with Crippen LogP contribution in [0.15, 0.2) is 36.5 Å². The number of hydroxylamine groups is 3. The summed E-state index contributed by atoms with van der Waals surface area (Å²) in [5, 5.41) is 16.0. The number of nitrogens with zero attached hydrogens (tertiary/aromatic N) is 4. The van der Waals surface area contributed by atoms with Gasteiger partial charge < -0.3 is 9.85 Å². The minimum Gasteiger partial charge on any atom is -0.633 e. The van der Waals surface area contributed by atoms with E-state index in [9.17, 15) is 18.4 Å². The van der Waals surface area contributed by atoms with Gasteiger partial charge >= 0.3 is 0 Å². The molecular formula is C18H23N4O4S. The van der Waals surface area contributed by atoms with Crippen molar-refractivity contribution in [2.24, 2.45) is 0 Å². The highest BCUT2D eigenvalue weighted by atomic mass is 32.2. The van der Waals surface area contributed by atoms with Crippen LogP contribution in [0.4, 0.5) is 0 Å². The molecule has 0 N–H and O–H groups in total. The second kappa shape index (κ2) is 7.89. The van der Waals surface area contributed by atoms with Crippen molar-refractivity contribution in [3.05, 3.63) is 59.1 Å². The number of benzene rings is 1. The molecule has 0 bridgehead atoms. The Hall–Kier alpha value is -2.07. The molecule has 2 heterocycles. The van der Waals surface area contributed by atoms with Crippen molar-refractivity contribution >= 4 is 15.8 Å². The van der Waals surface area contributed by atoms with E-state index in [-0.39, 0.29) is 49.7 Å². The average molecular weight is 391 g/mol. The Kier molecular flexibility index (Phi) is 5.75. The van der Waals surface area contributed by atoms with E-state index in [0.717, 1.165) is 5.56 Å². The van der Waals surface area contributed by atoms with Crippen molar-refractivity contribution in [1.82, 2.24) is 14.1 Å². The number of piperazine rings is 1. The first-order valence-electron chi connectivity index (χ1n) is 8.81. The molecule has 8 nitrogen and oxygen atoms in total. The highest BCUT2D eigenvalue weighted by Gasteiger charge is 2.30. The first-order valence-corrected chi connectivity index (χ1v) is 10.4. The zero-order valence-electron chi connectivity index (χ0n) is 15.2. The lowest BCUT2D eigenvalue weighted by Crippen LogP contribution is -2.55. The van der Waals surface area contributed by atoms with E-state index in [0.29, 0.717) is 6.54 Å². The highest BCUT2D eigenvalue weighted by Crippen LogP contribution is 2.14. The molecule has 1 aromatic heterocycles. The van der Waals surface area contributed by atoms with Gasteiger partial charge in [0.05, 0.1) is 63.5 Å². The van der Waals surface area contributed by atoms with Crippen molar-refractivity contribution in [3.63, 3.8) is 0 Å². The molecule has 0 unspecified atom stereocenters. The molecule has 0 spiro atoms. The van der Waals surface area contributed by atoms with Gasteiger partial charge in [0.1, 0.15) is 0 Å². The zero-order chi connectivity index (χ0) is 19.5. The number of hydrogen-bond donors (Lipinski definition) is 0. The monoisotopic (exact) mass is 391 g/mol. The molecule has 2 aromatic rings. The fraction of sp³-hybridized carbons (Fsp3) is 0.444. The maximum atomic E-state index is 12.4. The van der Waals surface area contributed by atoms with Gasteiger partial charge in [-0.2, -0.15) is 9.40 Å². The lowest BCUT2D eigenvalue weighted by molar-refractivity contribution is -0.864. The Balaban J connectivity index is 1.55. The van der Waals surface area contributed by atoms with Crippen LogP contribution >= 0.6 is 0 Å². The number of sulfonamides is 1. The lowest BCUT2D eigenvalue weighted by atomic mass is 10.2. The van der Waals surface area contributed by atoms with Crippen LogP contribution in [0, 0.1) is 11.4 Å². The summed E-state index contributed by atoms with van der Waals surface area (Å²) in [6.07, 6.45) is 4.18. The van der Waals surface area contributed by atoms with Crippen LogP contribution in [-0.4, -0.2) is 71.9 Å². The molecule has 1 fully saturated rings. The number of quaternary nitrogens is 1. The van der Waals surface area contributed by atoms with Crippen molar-refractivity contribution in [1.29, 1.82) is 0 Å². The van der Waals surface area contributed by atoms with E-state index in [1.165, 1.54) is 22.2 Å². The normalized spacial score (nSPS) is 17.7. The fourth-order valence-electron chi connectivity index (χ4n) is 2.93. The van der Waals surface area contributed by atoms with Crippen molar-refractivity contribution in [3.8, 4) is 0 Å². The Bertz CT molecular complexity index is 883. The summed E-state index contributed by atoms with van der Waals surface area (Å²) in [6.45, 7) is 1.34. The predicted octanol–water partition coefficient (Wildman–Crippen LogP) is 0.894. The largest absolute Gasteiger partial charge is 0.633 e. The minimum absolute atomic E-state index is 0.129. The number of aromatic nitrogens is 2. The number of carbonyl (C=O) groups is 1. The molecule has 1 saturated heterocycles. The van der Waals surface area contributed by atoms with Gasteiger partial charge in [0.2, 0.25) is 10.0 Å². The smallest absolute Gasteiger partial charge is 0.214 e. The van der Waals surface area contributed by atoms with Crippen LogP contribution in [-0.2, 0) is 16.6 Å². The van der Waals surface area contributed by atoms with Crippen molar-refractivity contribution < 1.29 is 17.9 Å². The molecule has 1 aromatic carbocycles. The third kappa shape index (κ3) is 5.23. The summed E-state index contributed by atoms with van der Waals surface area (Å²) in [5.74, 6) is -0.578. The van der Waals surface area contributed by atoms with Crippen molar-refractivity contribution in [2.45, 2.75) is 13.0 Å². The summed E-state index contributed by atoms with van der Waals surface area (Å²) >= 11 is 0. The SMILES string of the molecule is C[N+]1([O-])CCN(S(=O)(=O)CCC(=O)c2[c]n(Cc3ccccc3)nc2)CC1. The quantitative estimate of drug-likeness (QED) is 0.397. The number of ketones is 1. The summed E-state index contributed by atoms with van der Waals surface area (Å²) in [7, 11) is -2.02. The number of carbonyl (C=O) groups excluding carboxylic acids is 1. The van der Waals surface area contributed by atoms with E-state index in [4.69, 9.17) is 0 Å². The maximum Gasteiger partial charge on any atom is 0.214 e. The van der Waals surface area contributed by atoms with Crippen LogP contribution in [0.1, 0.15) is 22.3 Å². The van der Waals surface area contributed by atoms with Gasteiger partial charge in [-0.3, -0.25) is 9.48 Å². The van der Waals surface area contributed by atoms with Crippen LogP contribution in [0.5, 0.6) is 0 Å². The molecule has 145 valence electrons. The second-order valence-electron chi connectivity index (χ2n) is 6.95. The van der Waals surface area contributed by atoms with E-state index < -0.39 is 14.7 Å². The molecule has 3 rings (SSSR count). The van der Waals surface area contributed by atoms with Crippen molar-refractivity contribution in [2.75, 3.05) is 39.0 Å². The Labute approximate surface area is 159 Å². The van der Waals surface area contributed by atoms with E-state index in [1.807, 2.05) is 30.3 Å². The standard InChI is InChI=1S/C18H23N4O4S/c1-22(24)10-8-21(9-11-22)27(25,26)12-7-18(23)17-13-19-20(15-17)14-16-5-3-2-4-6-16/h2-6,13H,7-12,14H2,1H3. The molecule has 1 aliphatic heterocycles. The second-order valence-corrected chi connectivity index (χ2v) is 9.03. The minimum atomic E-state index is -3.56. The van der Waals surface area contributed by atoms with E-state index in [1.54, 1.807) is 0 Å². The first kappa shape index (κ1) is 19.7. The molecule has 0 atom stereocenters. The first-order chi connectivity index (χ1) is 12.8. The third-order valence-electron chi connectivity index (χ3n) is 4.68. The lowest BCUT2D eigenvalue weighted by Gasteiger charge is -2.44. The van der Waals surface area contributed by atoms with Gasteiger partial charge in [0.15, 0.2) is 5.78 Å². The molecule has 1 radical (unpaired) electrons. The number of rotatable bonds is 7. The number of hydrogen-bond acceptors (Lipinski definition) is 5. The zero-order valence-corrected chi connectivity index (χ0v) is 16.1. The highest BCUT2D eigenvalue weighted by molar-refractivity contribution is 7.89. The Morgan fingerprint density at radius 2 is 1.93 bits per heavy atom. The van der Waals surface area contributed by atoms with Crippen LogP contribution in [0.2, 0.25) is 0 Å². The van der Waals surface area contributed by atoms with Crippen LogP contribution in [0.25, 0.3) is 0 Å². The van der Waals surface area contributed by atoms with Gasteiger partial charge in [0, 0.05) is 6.42 Å². The van der Waals surface area contributed by atoms with Gasteiger partial charge in [-0.15, -0.1) is 0 Å². The summed E-state index contributed by atoms with van der Waals surface area (Å²) in [4.78, 5) is 12.3. The topological polar surface area (TPSA) is 95.3 Å². The Morgan fingerprint density at radius 1 is 1.26 bits per heavy atom. The van der Waals surface area contributed by atoms with E-state index in [2.05, 4.69) is 11.3 Å². The van der Waals surface area contributed by atoms with Crippen LogP contribution in [0.3, 0.4) is 0 Å². The molecule has 0 saturated carbocycles.